The summed E-state index contributed by atoms with van der Waals surface area (Å²) in [7, 11) is -3.79. The van der Waals surface area contributed by atoms with Crippen LogP contribution in [-0.2, 0) is 16.2 Å². The lowest BCUT2D eigenvalue weighted by Gasteiger charge is -2.36. The van der Waals surface area contributed by atoms with Crippen LogP contribution in [0.2, 0.25) is 0 Å². The van der Waals surface area contributed by atoms with Crippen molar-refractivity contribution in [1.82, 2.24) is 4.90 Å². The fourth-order valence-electron chi connectivity index (χ4n) is 3.73. The Morgan fingerprint density at radius 2 is 1.47 bits per heavy atom. The normalized spacial score (nSPS) is 14.7. The molecular formula is C24H22F3N3O3S. The van der Waals surface area contributed by atoms with Gasteiger partial charge in [0, 0.05) is 43.1 Å². The van der Waals surface area contributed by atoms with Gasteiger partial charge in [0.15, 0.2) is 0 Å². The highest BCUT2D eigenvalue weighted by Gasteiger charge is 2.31. The number of anilines is 2. The second kappa shape index (κ2) is 9.38. The molecular weight excluding hydrogens is 467 g/mol. The van der Waals surface area contributed by atoms with Gasteiger partial charge in [0.25, 0.3) is 15.9 Å². The molecule has 0 atom stereocenters. The molecule has 10 heteroatoms. The van der Waals surface area contributed by atoms with Gasteiger partial charge in [0.05, 0.1) is 10.5 Å². The van der Waals surface area contributed by atoms with E-state index in [2.05, 4.69) is 4.72 Å². The van der Waals surface area contributed by atoms with Crippen LogP contribution >= 0.6 is 0 Å². The predicted molar refractivity (Wildman–Crippen MR) is 123 cm³/mol. The molecule has 0 aliphatic carbocycles. The Morgan fingerprint density at radius 3 is 2.09 bits per heavy atom. The lowest BCUT2D eigenvalue weighted by molar-refractivity contribution is -0.137. The largest absolute Gasteiger partial charge is 0.416 e. The molecule has 0 saturated carbocycles. The number of hydrogen-bond donors (Lipinski definition) is 1. The summed E-state index contributed by atoms with van der Waals surface area (Å²) in [6, 6.07) is 19.3. The fraction of sp³-hybridized carbons (Fsp3) is 0.208. The quantitative estimate of drug-likeness (QED) is 0.574. The summed E-state index contributed by atoms with van der Waals surface area (Å²) < 4.78 is 66.6. The number of nitrogens with one attached hydrogen (secondary N) is 1. The van der Waals surface area contributed by atoms with Gasteiger partial charge in [-0.2, -0.15) is 13.2 Å². The Morgan fingerprint density at radius 1 is 0.824 bits per heavy atom. The average molecular weight is 490 g/mol. The molecule has 0 bridgehead atoms. The molecule has 1 heterocycles. The van der Waals surface area contributed by atoms with Crippen molar-refractivity contribution in [3.8, 4) is 0 Å². The minimum Gasteiger partial charge on any atom is -0.368 e. The van der Waals surface area contributed by atoms with E-state index < -0.39 is 21.8 Å². The van der Waals surface area contributed by atoms with Gasteiger partial charge >= 0.3 is 6.18 Å². The summed E-state index contributed by atoms with van der Waals surface area (Å²) in [4.78, 5) is 16.3. The van der Waals surface area contributed by atoms with Gasteiger partial charge in [0.2, 0.25) is 0 Å². The monoisotopic (exact) mass is 489 g/mol. The van der Waals surface area contributed by atoms with Crippen LogP contribution in [-0.4, -0.2) is 45.4 Å². The zero-order valence-corrected chi connectivity index (χ0v) is 18.8. The number of piperazine rings is 1. The zero-order valence-electron chi connectivity index (χ0n) is 18.0. The molecule has 34 heavy (non-hydrogen) atoms. The summed E-state index contributed by atoms with van der Waals surface area (Å²) in [5.41, 5.74) is 0.523. The van der Waals surface area contributed by atoms with Gasteiger partial charge in [-0.1, -0.05) is 24.3 Å². The molecule has 4 rings (SSSR count). The predicted octanol–water partition coefficient (Wildman–Crippen LogP) is 4.47. The zero-order chi connectivity index (χ0) is 24.3. The first kappa shape index (κ1) is 23.6. The molecule has 3 aromatic rings. The number of carbonyl (C=O) groups excluding carboxylic acids is 1. The third-order valence-electron chi connectivity index (χ3n) is 5.54. The lowest BCUT2D eigenvalue weighted by atomic mass is 10.1. The second-order valence-electron chi connectivity index (χ2n) is 7.82. The molecule has 3 aromatic carbocycles. The summed E-state index contributed by atoms with van der Waals surface area (Å²) in [6.07, 6.45) is -4.41. The summed E-state index contributed by atoms with van der Waals surface area (Å²) >= 11 is 0. The number of hydrogen-bond acceptors (Lipinski definition) is 4. The van der Waals surface area contributed by atoms with E-state index in [1.807, 2.05) is 4.90 Å². The summed E-state index contributed by atoms with van der Waals surface area (Å²) in [5, 5.41) is 0. The van der Waals surface area contributed by atoms with E-state index in [1.165, 1.54) is 30.3 Å². The fourth-order valence-corrected chi connectivity index (χ4v) is 4.78. The van der Waals surface area contributed by atoms with Crippen LogP contribution in [0.5, 0.6) is 0 Å². The molecule has 0 unspecified atom stereocenters. The molecule has 178 valence electrons. The van der Waals surface area contributed by atoms with Gasteiger partial charge in [-0.05, 0) is 54.6 Å². The standard InChI is InChI=1S/C24H22F3N3O3S/c25-24(26,27)19-5-4-8-21(17-19)29-13-15-30(16-14-29)23(31)18-9-11-22(12-10-18)34(32,33)28-20-6-2-1-3-7-20/h1-12,17,28H,13-16H2. The van der Waals surface area contributed by atoms with Crippen molar-refractivity contribution in [3.63, 3.8) is 0 Å². The first-order valence-electron chi connectivity index (χ1n) is 10.5. The van der Waals surface area contributed by atoms with Crippen LogP contribution in [0.3, 0.4) is 0 Å². The number of para-hydroxylation sites is 1. The third kappa shape index (κ3) is 5.33. The van der Waals surface area contributed by atoms with Crippen LogP contribution < -0.4 is 9.62 Å². The molecule has 1 saturated heterocycles. The Balaban J connectivity index is 1.39. The van der Waals surface area contributed by atoms with Crippen molar-refractivity contribution < 1.29 is 26.4 Å². The molecule has 0 radical (unpaired) electrons. The Labute approximate surface area is 195 Å². The molecule has 1 aliphatic rings. The maximum absolute atomic E-state index is 13.0. The number of halogens is 3. The van der Waals surface area contributed by atoms with Gasteiger partial charge in [-0.3, -0.25) is 9.52 Å². The van der Waals surface area contributed by atoms with E-state index in [9.17, 15) is 26.4 Å². The van der Waals surface area contributed by atoms with Crippen molar-refractivity contribution in [2.75, 3.05) is 35.8 Å². The van der Waals surface area contributed by atoms with E-state index in [1.54, 1.807) is 41.3 Å². The van der Waals surface area contributed by atoms with Crippen LogP contribution in [0.25, 0.3) is 0 Å². The molecule has 0 spiro atoms. The van der Waals surface area contributed by atoms with Gasteiger partial charge in [0.1, 0.15) is 0 Å². The van der Waals surface area contributed by atoms with Gasteiger partial charge in [-0.15, -0.1) is 0 Å². The Bertz CT molecular complexity index is 1260. The molecule has 1 aliphatic heterocycles. The van der Waals surface area contributed by atoms with E-state index in [0.717, 1.165) is 12.1 Å². The number of alkyl halides is 3. The van der Waals surface area contributed by atoms with Gasteiger partial charge in [-0.25, -0.2) is 8.42 Å². The maximum Gasteiger partial charge on any atom is 0.416 e. The minimum atomic E-state index is -4.41. The number of sulfonamides is 1. The number of rotatable bonds is 5. The molecule has 1 amide bonds. The Hall–Kier alpha value is -3.53. The van der Waals surface area contributed by atoms with E-state index in [-0.39, 0.29) is 10.8 Å². The maximum atomic E-state index is 13.0. The van der Waals surface area contributed by atoms with Crippen LogP contribution in [0.4, 0.5) is 24.5 Å². The highest BCUT2D eigenvalue weighted by Crippen LogP contribution is 2.32. The molecule has 0 aromatic heterocycles. The second-order valence-corrected chi connectivity index (χ2v) is 9.51. The first-order chi connectivity index (χ1) is 16.1. The van der Waals surface area contributed by atoms with Gasteiger partial charge < -0.3 is 9.80 Å². The van der Waals surface area contributed by atoms with Crippen LogP contribution in [0, 0.1) is 0 Å². The molecule has 6 nitrogen and oxygen atoms in total. The topological polar surface area (TPSA) is 69.7 Å². The first-order valence-corrected chi connectivity index (χ1v) is 12.0. The SMILES string of the molecule is O=C(c1ccc(S(=O)(=O)Nc2ccccc2)cc1)N1CCN(c2cccc(C(F)(F)F)c2)CC1. The summed E-state index contributed by atoms with van der Waals surface area (Å²) in [6.45, 7) is 1.45. The van der Waals surface area contributed by atoms with E-state index in [0.29, 0.717) is 43.1 Å². The van der Waals surface area contributed by atoms with Crippen LogP contribution in [0.1, 0.15) is 15.9 Å². The van der Waals surface area contributed by atoms with Crippen molar-refractivity contribution in [3.05, 3.63) is 90.0 Å². The number of carbonyl (C=O) groups is 1. The number of benzene rings is 3. The van der Waals surface area contributed by atoms with Crippen molar-refractivity contribution in [2.45, 2.75) is 11.1 Å². The number of nitrogens with zero attached hydrogens (tertiary/aromatic N) is 2. The summed E-state index contributed by atoms with van der Waals surface area (Å²) in [5.74, 6) is -0.261. The Kier molecular flexibility index (Phi) is 6.52. The van der Waals surface area contributed by atoms with E-state index >= 15 is 0 Å². The van der Waals surface area contributed by atoms with Crippen molar-refractivity contribution >= 4 is 27.3 Å². The average Bonchev–Trinajstić information content (AvgIpc) is 2.84. The third-order valence-corrected chi connectivity index (χ3v) is 6.94. The minimum absolute atomic E-state index is 0.0299. The molecule has 1 fully saturated rings. The highest BCUT2D eigenvalue weighted by atomic mass is 32.2. The lowest BCUT2D eigenvalue weighted by Crippen LogP contribution is -2.48. The van der Waals surface area contributed by atoms with E-state index in [4.69, 9.17) is 0 Å². The van der Waals surface area contributed by atoms with Crippen molar-refractivity contribution in [1.29, 1.82) is 0 Å². The van der Waals surface area contributed by atoms with Crippen LogP contribution in [0.15, 0.2) is 83.8 Å². The highest BCUT2D eigenvalue weighted by molar-refractivity contribution is 7.92. The smallest absolute Gasteiger partial charge is 0.368 e. The van der Waals surface area contributed by atoms with Crippen molar-refractivity contribution in [2.24, 2.45) is 0 Å². The number of amides is 1. The molecule has 1 N–H and O–H groups in total.